The summed E-state index contributed by atoms with van der Waals surface area (Å²) < 4.78 is 3.06. The Hall–Kier alpha value is -3.87. The van der Waals surface area contributed by atoms with E-state index in [2.05, 4.69) is 20.4 Å². The Morgan fingerprint density at radius 2 is 1.86 bits per heavy atom. The average Bonchev–Trinajstić information content (AvgIpc) is 3.15. The van der Waals surface area contributed by atoms with Crippen molar-refractivity contribution in [2.75, 3.05) is 0 Å². The predicted octanol–water partition coefficient (Wildman–Crippen LogP) is 2.89. The lowest BCUT2D eigenvalue weighted by Gasteiger charge is -2.04. The molecule has 7 nitrogen and oxygen atoms in total. The summed E-state index contributed by atoms with van der Waals surface area (Å²) in [4.78, 5) is 17.0. The van der Waals surface area contributed by atoms with E-state index in [1.54, 1.807) is 36.0 Å². The fourth-order valence-corrected chi connectivity index (χ4v) is 2.86. The first kappa shape index (κ1) is 17.5. The molecule has 28 heavy (non-hydrogen) atoms. The number of para-hydroxylation sites is 1. The molecule has 4 aromatic rings. The number of rotatable bonds is 5. The van der Waals surface area contributed by atoms with Crippen LogP contribution in [0.3, 0.4) is 0 Å². The number of benzene rings is 2. The van der Waals surface area contributed by atoms with Gasteiger partial charge in [0, 0.05) is 6.21 Å². The largest absolute Gasteiger partial charge is 0.282 e. The Morgan fingerprint density at radius 1 is 1.07 bits per heavy atom. The van der Waals surface area contributed by atoms with E-state index in [-0.39, 0.29) is 5.56 Å². The predicted molar refractivity (Wildman–Crippen MR) is 109 cm³/mol. The zero-order chi connectivity index (χ0) is 19.3. The second kappa shape index (κ2) is 7.79. The molecule has 0 atom stereocenters. The molecule has 7 heteroatoms. The third-order valence-corrected chi connectivity index (χ3v) is 4.19. The Morgan fingerprint density at radius 3 is 2.71 bits per heavy atom. The third-order valence-electron chi connectivity index (χ3n) is 4.19. The highest BCUT2D eigenvalue weighted by Gasteiger charge is 2.05. The van der Waals surface area contributed by atoms with Gasteiger partial charge in [0.05, 0.1) is 23.6 Å². The van der Waals surface area contributed by atoms with Gasteiger partial charge in [-0.25, -0.2) is 9.67 Å². The number of fused-ring (bicyclic) bond motifs is 1. The lowest BCUT2D eigenvalue weighted by Crippen LogP contribution is -2.20. The fourth-order valence-electron chi connectivity index (χ4n) is 2.86. The van der Waals surface area contributed by atoms with Gasteiger partial charge in [-0.2, -0.15) is 9.78 Å². The maximum absolute atomic E-state index is 12.5. The van der Waals surface area contributed by atoms with Gasteiger partial charge in [-0.1, -0.05) is 47.7 Å². The maximum atomic E-state index is 12.5. The minimum Gasteiger partial charge on any atom is -0.267 e. The number of nitrogens with zero attached hydrogens (tertiary/aromatic N) is 6. The molecule has 2 aromatic carbocycles. The molecule has 0 saturated heterocycles. The molecule has 0 aliphatic carbocycles. The molecule has 0 spiro atoms. The molecule has 138 valence electrons. The molecular formula is C21H18N6O. The summed E-state index contributed by atoms with van der Waals surface area (Å²) in [5.41, 5.74) is 2.34. The van der Waals surface area contributed by atoms with Gasteiger partial charge in [-0.15, -0.1) is 5.10 Å². The number of aryl methyl sites for hydroxylation is 1. The molecule has 0 bridgehead atoms. The zero-order valence-electron chi connectivity index (χ0n) is 15.3. The minimum absolute atomic E-state index is 0.193. The monoisotopic (exact) mass is 370 g/mol. The van der Waals surface area contributed by atoms with Crippen LogP contribution in [-0.2, 0) is 6.54 Å². The van der Waals surface area contributed by atoms with Crippen molar-refractivity contribution in [1.29, 1.82) is 0 Å². The van der Waals surface area contributed by atoms with E-state index >= 15 is 0 Å². The van der Waals surface area contributed by atoms with E-state index in [1.807, 2.05) is 54.7 Å². The van der Waals surface area contributed by atoms with Gasteiger partial charge in [0.15, 0.2) is 0 Å². The normalized spacial score (nSPS) is 11.8. The molecule has 0 fully saturated rings. The summed E-state index contributed by atoms with van der Waals surface area (Å²) >= 11 is 0. The van der Waals surface area contributed by atoms with Gasteiger partial charge < -0.3 is 0 Å². The first-order valence-electron chi connectivity index (χ1n) is 8.84. The van der Waals surface area contributed by atoms with Crippen molar-refractivity contribution in [2.24, 2.45) is 5.10 Å². The van der Waals surface area contributed by atoms with Gasteiger partial charge in [0.1, 0.15) is 11.5 Å². The van der Waals surface area contributed by atoms with Crippen LogP contribution in [0.4, 0.5) is 0 Å². The SMILES string of the molecule is Cc1nc2ccccc2c(=O)n1/N=C\C=C\c1cn(Cc2ccccc2)nn1. The van der Waals surface area contributed by atoms with Gasteiger partial charge in [-0.3, -0.25) is 4.79 Å². The summed E-state index contributed by atoms with van der Waals surface area (Å²) in [7, 11) is 0. The molecular weight excluding hydrogens is 352 g/mol. The third kappa shape index (κ3) is 3.78. The van der Waals surface area contributed by atoms with Crippen molar-refractivity contribution in [3.05, 3.63) is 94.3 Å². The van der Waals surface area contributed by atoms with E-state index in [0.717, 1.165) is 5.56 Å². The summed E-state index contributed by atoms with van der Waals surface area (Å²) in [5, 5.41) is 13.0. The van der Waals surface area contributed by atoms with Crippen LogP contribution < -0.4 is 5.56 Å². The second-order valence-electron chi connectivity index (χ2n) is 6.24. The molecule has 0 aliphatic rings. The van der Waals surface area contributed by atoms with Crippen molar-refractivity contribution < 1.29 is 0 Å². The van der Waals surface area contributed by atoms with Gasteiger partial charge in [-0.05, 0) is 36.8 Å². The van der Waals surface area contributed by atoms with Crippen LogP contribution in [0.25, 0.3) is 17.0 Å². The number of aromatic nitrogens is 5. The average molecular weight is 370 g/mol. The Labute approximate surface area is 161 Å². The molecule has 2 heterocycles. The van der Waals surface area contributed by atoms with E-state index in [4.69, 9.17) is 0 Å². The van der Waals surface area contributed by atoms with Gasteiger partial charge in [0.2, 0.25) is 0 Å². The number of hydrogen-bond donors (Lipinski definition) is 0. The van der Waals surface area contributed by atoms with Crippen molar-refractivity contribution in [1.82, 2.24) is 24.7 Å². The van der Waals surface area contributed by atoms with Crippen LogP contribution in [0.1, 0.15) is 17.1 Å². The van der Waals surface area contributed by atoms with Crippen LogP contribution in [0, 0.1) is 6.92 Å². The molecule has 4 rings (SSSR count). The zero-order valence-corrected chi connectivity index (χ0v) is 15.3. The van der Waals surface area contributed by atoms with Crippen molar-refractivity contribution in [3.8, 4) is 0 Å². The second-order valence-corrected chi connectivity index (χ2v) is 6.24. The molecule has 0 saturated carbocycles. The minimum atomic E-state index is -0.193. The number of allylic oxidation sites excluding steroid dienone is 1. The lowest BCUT2D eigenvalue weighted by molar-refractivity contribution is 0.649. The fraction of sp³-hybridized carbons (Fsp3) is 0.0952. The summed E-state index contributed by atoms with van der Waals surface area (Å²) in [6.07, 6.45) is 6.90. The van der Waals surface area contributed by atoms with Gasteiger partial charge >= 0.3 is 0 Å². The number of hydrogen-bond acceptors (Lipinski definition) is 5. The van der Waals surface area contributed by atoms with Crippen molar-refractivity contribution >= 4 is 23.2 Å². The van der Waals surface area contributed by atoms with Crippen LogP contribution >= 0.6 is 0 Å². The Balaban J connectivity index is 1.49. The summed E-state index contributed by atoms with van der Waals surface area (Å²) in [6.45, 7) is 2.41. The highest BCUT2D eigenvalue weighted by molar-refractivity contribution is 5.79. The molecule has 2 aromatic heterocycles. The quantitative estimate of drug-likeness (QED) is 0.506. The Bertz CT molecular complexity index is 1220. The van der Waals surface area contributed by atoms with E-state index in [1.165, 1.54) is 4.68 Å². The van der Waals surface area contributed by atoms with Crippen molar-refractivity contribution in [2.45, 2.75) is 13.5 Å². The molecule has 0 unspecified atom stereocenters. The van der Waals surface area contributed by atoms with Crippen LogP contribution in [-0.4, -0.2) is 30.9 Å². The van der Waals surface area contributed by atoms with Crippen LogP contribution in [0.5, 0.6) is 0 Å². The first-order chi connectivity index (χ1) is 13.7. The van der Waals surface area contributed by atoms with E-state index < -0.39 is 0 Å². The topological polar surface area (TPSA) is 78.0 Å². The highest BCUT2D eigenvalue weighted by Crippen LogP contribution is 2.07. The molecule has 0 radical (unpaired) electrons. The smallest absolute Gasteiger partial charge is 0.267 e. The van der Waals surface area contributed by atoms with E-state index in [9.17, 15) is 4.79 Å². The summed E-state index contributed by atoms with van der Waals surface area (Å²) in [6, 6.07) is 17.3. The molecule has 0 amide bonds. The molecule has 0 aliphatic heterocycles. The molecule has 0 N–H and O–H groups in total. The van der Waals surface area contributed by atoms with Crippen LogP contribution in [0.15, 0.2) is 76.8 Å². The standard InChI is InChI=1S/C21H18N6O/c1-16-23-20-12-6-5-11-19(20)21(28)27(16)22-13-7-10-18-15-26(25-24-18)14-17-8-3-2-4-9-17/h2-13,15H,14H2,1H3/b10-7+,22-13-. The van der Waals surface area contributed by atoms with Gasteiger partial charge in [0.25, 0.3) is 5.56 Å². The highest BCUT2D eigenvalue weighted by atomic mass is 16.1. The Kier molecular flexibility index (Phi) is 4.88. The van der Waals surface area contributed by atoms with E-state index in [0.29, 0.717) is 29.0 Å². The van der Waals surface area contributed by atoms with Crippen molar-refractivity contribution in [3.63, 3.8) is 0 Å². The van der Waals surface area contributed by atoms with Crippen LogP contribution in [0.2, 0.25) is 0 Å². The maximum Gasteiger partial charge on any atom is 0.282 e. The first-order valence-corrected chi connectivity index (χ1v) is 8.84. The summed E-state index contributed by atoms with van der Waals surface area (Å²) in [5.74, 6) is 0.530. The lowest BCUT2D eigenvalue weighted by atomic mass is 10.2.